The van der Waals surface area contributed by atoms with Crippen molar-refractivity contribution in [3.63, 3.8) is 0 Å². The number of sulfonamides is 1. The Morgan fingerprint density at radius 1 is 1.35 bits per heavy atom. The van der Waals surface area contributed by atoms with Crippen molar-refractivity contribution < 1.29 is 30.8 Å². The summed E-state index contributed by atoms with van der Waals surface area (Å²) in [6, 6.07) is 1.98. The fourth-order valence-electron chi connectivity index (χ4n) is 1.46. The molecular formula is C10H10F4N2O3S. The van der Waals surface area contributed by atoms with Crippen molar-refractivity contribution in [3.05, 3.63) is 29.6 Å². The summed E-state index contributed by atoms with van der Waals surface area (Å²) in [7, 11) is -3.55. The number of benzene rings is 1. The number of rotatable bonds is 3. The van der Waals surface area contributed by atoms with Gasteiger partial charge in [-0.2, -0.15) is 13.2 Å². The fraction of sp³-hybridized carbons (Fsp3) is 0.300. The van der Waals surface area contributed by atoms with Crippen molar-refractivity contribution in [3.8, 4) is 0 Å². The fourth-order valence-corrected chi connectivity index (χ4v) is 2.17. The molecule has 0 radical (unpaired) electrons. The van der Waals surface area contributed by atoms with Crippen molar-refractivity contribution in [2.24, 2.45) is 5.14 Å². The molecule has 0 spiro atoms. The third-order valence-electron chi connectivity index (χ3n) is 2.24. The molecule has 0 unspecified atom stereocenters. The Morgan fingerprint density at radius 2 is 1.90 bits per heavy atom. The largest absolute Gasteiger partial charge is 0.406 e. The van der Waals surface area contributed by atoms with Gasteiger partial charge in [-0.1, -0.05) is 0 Å². The Kier molecular flexibility index (Phi) is 4.39. The molecule has 1 aromatic rings. The molecular weight excluding hydrogens is 304 g/mol. The van der Waals surface area contributed by atoms with Crippen LogP contribution < -0.4 is 5.14 Å². The standard InChI is InChI=1S/C10H10F4N2O3S/c1-16(5-10(12,13)14)9(17)7-4-6(11)2-3-8(7)20(15,18)19/h2-4H,5H2,1H3,(H2,15,18,19). The van der Waals surface area contributed by atoms with E-state index in [2.05, 4.69) is 0 Å². The number of alkyl halides is 3. The van der Waals surface area contributed by atoms with Crippen molar-refractivity contribution in [1.82, 2.24) is 4.90 Å². The second kappa shape index (κ2) is 5.37. The molecule has 2 N–H and O–H groups in total. The first kappa shape index (κ1) is 16.4. The second-order valence-electron chi connectivity index (χ2n) is 3.96. The van der Waals surface area contributed by atoms with E-state index < -0.39 is 44.9 Å². The van der Waals surface area contributed by atoms with Gasteiger partial charge in [0.15, 0.2) is 0 Å². The van der Waals surface area contributed by atoms with Crippen molar-refractivity contribution in [1.29, 1.82) is 0 Å². The average molecular weight is 314 g/mol. The first-order chi connectivity index (χ1) is 8.92. The molecule has 0 saturated carbocycles. The Labute approximate surface area is 112 Å². The molecule has 1 aromatic carbocycles. The van der Waals surface area contributed by atoms with Gasteiger partial charge in [-0.15, -0.1) is 0 Å². The molecule has 0 aliphatic carbocycles. The van der Waals surface area contributed by atoms with Crippen LogP contribution in [0.4, 0.5) is 17.6 Å². The second-order valence-corrected chi connectivity index (χ2v) is 5.49. The molecule has 0 aromatic heterocycles. The predicted molar refractivity (Wildman–Crippen MR) is 60.8 cm³/mol. The van der Waals surface area contributed by atoms with E-state index in [1.54, 1.807) is 0 Å². The van der Waals surface area contributed by atoms with Gasteiger partial charge >= 0.3 is 6.18 Å². The van der Waals surface area contributed by atoms with Crippen molar-refractivity contribution in [2.45, 2.75) is 11.1 Å². The summed E-state index contributed by atoms with van der Waals surface area (Å²) in [6.45, 7) is -1.60. The SMILES string of the molecule is CN(CC(F)(F)F)C(=O)c1cc(F)ccc1S(N)(=O)=O. The van der Waals surface area contributed by atoms with E-state index in [-0.39, 0.29) is 4.90 Å². The number of primary sulfonamides is 1. The van der Waals surface area contributed by atoms with E-state index in [0.29, 0.717) is 6.07 Å². The lowest BCUT2D eigenvalue weighted by molar-refractivity contribution is -0.138. The van der Waals surface area contributed by atoms with Crippen LogP contribution in [-0.4, -0.2) is 39.0 Å². The highest BCUT2D eigenvalue weighted by molar-refractivity contribution is 7.89. The van der Waals surface area contributed by atoms with Crippen LogP contribution in [0.25, 0.3) is 0 Å². The topological polar surface area (TPSA) is 80.5 Å². The third-order valence-corrected chi connectivity index (χ3v) is 3.21. The van der Waals surface area contributed by atoms with Crippen LogP contribution in [0.15, 0.2) is 23.1 Å². The molecule has 20 heavy (non-hydrogen) atoms. The Balaban J connectivity index is 3.25. The highest BCUT2D eigenvalue weighted by atomic mass is 32.2. The summed E-state index contributed by atoms with van der Waals surface area (Å²) < 4.78 is 72.1. The van der Waals surface area contributed by atoms with Gasteiger partial charge in [0.05, 0.1) is 10.5 Å². The highest BCUT2D eigenvalue weighted by Crippen LogP contribution is 2.20. The van der Waals surface area contributed by atoms with E-state index in [0.717, 1.165) is 19.2 Å². The number of hydrogen-bond acceptors (Lipinski definition) is 3. The highest BCUT2D eigenvalue weighted by Gasteiger charge is 2.33. The van der Waals surface area contributed by atoms with Gasteiger partial charge in [-0.25, -0.2) is 17.9 Å². The summed E-state index contributed by atoms with van der Waals surface area (Å²) in [5.74, 6) is -2.27. The minimum absolute atomic E-state index is 0.226. The van der Waals surface area contributed by atoms with Crippen LogP contribution in [0.2, 0.25) is 0 Å². The van der Waals surface area contributed by atoms with Gasteiger partial charge in [0.25, 0.3) is 5.91 Å². The minimum Gasteiger partial charge on any atom is -0.333 e. The van der Waals surface area contributed by atoms with E-state index in [4.69, 9.17) is 5.14 Å². The first-order valence-corrected chi connectivity index (χ1v) is 6.61. The molecule has 112 valence electrons. The van der Waals surface area contributed by atoms with E-state index in [9.17, 15) is 30.8 Å². The summed E-state index contributed by atoms with van der Waals surface area (Å²) in [4.78, 5) is 11.3. The Bertz CT molecular complexity index is 628. The number of halogens is 4. The molecule has 0 bridgehead atoms. The number of carbonyl (C=O) groups is 1. The lowest BCUT2D eigenvalue weighted by atomic mass is 10.2. The van der Waals surface area contributed by atoms with Gasteiger partial charge in [0, 0.05) is 7.05 Å². The third kappa shape index (κ3) is 4.17. The molecule has 10 heteroatoms. The molecule has 0 heterocycles. The summed E-state index contributed by atoms with van der Waals surface area (Å²) >= 11 is 0. The van der Waals surface area contributed by atoms with Crippen LogP contribution in [0.1, 0.15) is 10.4 Å². The van der Waals surface area contributed by atoms with Crippen LogP contribution in [0.3, 0.4) is 0 Å². The van der Waals surface area contributed by atoms with Gasteiger partial charge in [0.2, 0.25) is 10.0 Å². The lowest BCUT2D eigenvalue weighted by Gasteiger charge is -2.20. The van der Waals surface area contributed by atoms with E-state index in [1.165, 1.54) is 0 Å². The predicted octanol–water partition coefficient (Wildman–Crippen LogP) is 1.11. The van der Waals surface area contributed by atoms with Crippen LogP contribution in [-0.2, 0) is 10.0 Å². The molecule has 0 aliphatic rings. The van der Waals surface area contributed by atoms with Crippen LogP contribution >= 0.6 is 0 Å². The molecule has 0 aliphatic heterocycles. The van der Waals surface area contributed by atoms with Crippen molar-refractivity contribution >= 4 is 15.9 Å². The average Bonchev–Trinajstić information content (AvgIpc) is 2.23. The van der Waals surface area contributed by atoms with Crippen LogP contribution in [0, 0.1) is 5.82 Å². The molecule has 0 atom stereocenters. The Hall–Kier alpha value is -1.68. The summed E-state index contributed by atoms with van der Waals surface area (Å²) in [5, 5.41) is 4.83. The van der Waals surface area contributed by atoms with Gasteiger partial charge < -0.3 is 4.90 Å². The number of amides is 1. The number of hydrogen-bond donors (Lipinski definition) is 1. The quantitative estimate of drug-likeness (QED) is 0.849. The van der Waals surface area contributed by atoms with Gasteiger partial charge in [-0.3, -0.25) is 4.79 Å². The zero-order chi connectivity index (χ0) is 15.7. The molecule has 1 rings (SSSR count). The summed E-state index contributed by atoms with van der Waals surface area (Å²) in [6.07, 6.45) is -4.67. The monoisotopic (exact) mass is 314 g/mol. The lowest BCUT2D eigenvalue weighted by Crippen LogP contribution is -2.36. The van der Waals surface area contributed by atoms with E-state index in [1.807, 2.05) is 0 Å². The normalized spacial score (nSPS) is 12.3. The maximum atomic E-state index is 13.1. The van der Waals surface area contributed by atoms with Crippen LogP contribution in [0.5, 0.6) is 0 Å². The van der Waals surface area contributed by atoms with Gasteiger partial charge in [-0.05, 0) is 18.2 Å². The van der Waals surface area contributed by atoms with Crippen molar-refractivity contribution in [2.75, 3.05) is 13.6 Å². The molecule has 0 fully saturated rings. The maximum Gasteiger partial charge on any atom is 0.406 e. The number of nitrogens with zero attached hydrogens (tertiary/aromatic N) is 1. The smallest absolute Gasteiger partial charge is 0.333 e. The zero-order valence-electron chi connectivity index (χ0n) is 10.1. The van der Waals surface area contributed by atoms with E-state index >= 15 is 0 Å². The molecule has 1 amide bonds. The van der Waals surface area contributed by atoms with Gasteiger partial charge in [0.1, 0.15) is 12.4 Å². The molecule has 0 saturated heterocycles. The summed E-state index contributed by atoms with van der Waals surface area (Å²) in [5.41, 5.74) is -0.751. The first-order valence-electron chi connectivity index (χ1n) is 5.06. The minimum atomic E-state index is -4.67. The number of nitrogens with two attached hydrogens (primary N) is 1. The molecule has 5 nitrogen and oxygen atoms in total. The zero-order valence-corrected chi connectivity index (χ0v) is 10.9. The maximum absolute atomic E-state index is 13.1. The Morgan fingerprint density at radius 3 is 2.35 bits per heavy atom. The number of carbonyl (C=O) groups excluding carboxylic acids is 1.